The first-order chi connectivity index (χ1) is 10.1. The van der Waals surface area contributed by atoms with Crippen molar-refractivity contribution >= 4 is 27.5 Å². The average Bonchev–Trinajstić information content (AvgIpc) is 2.50. The number of hydrogen-bond acceptors (Lipinski definition) is 3. The van der Waals surface area contributed by atoms with Gasteiger partial charge in [-0.2, -0.15) is 0 Å². The molecule has 0 saturated carbocycles. The van der Waals surface area contributed by atoms with Crippen LogP contribution < -0.4 is 14.8 Å². The summed E-state index contributed by atoms with van der Waals surface area (Å²) in [5.74, 6) is 0.974. The van der Waals surface area contributed by atoms with Gasteiger partial charge in [0.1, 0.15) is 0 Å². The molecule has 1 N–H and O–H groups in total. The van der Waals surface area contributed by atoms with Crippen molar-refractivity contribution in [2.45, 2.75) is 6.92 Å². The number of benzene rings is 2. The lowest BCUT2D eigenvalue weighted by molar-refractivity contribution is 0.102. The quantitative estimate of drug-likeness (QED) is 0.883. The smallest absolute Gasteiger partial charge is 0.255 e. The van der Waals surface area contributed by atoms with E-state index in [2.05, 4.69) is 21.2 Å². The van der Waals surface area contributed by atoms with Crippen molar-refractivity contribution in [1.82, 2.24) is 0 Å². The van der Waals surface area contributed by atoms with E-state index < -0.39 is 0 Å². The van der Waals surface area contributed by atoms with Gasteiger partial charge in [-0.25, -0.2) is 0 Å². The van der Waals surface area contributed by atoms with Crippen LogP contribution in [0.4, 0.5) is 5.69 Å². The van der Waals surface area contributed by atoms with Gasteiger partial charge in [0.15, 0.2) is 11.5 Å². The van der Waals surface area contributed by atoms with Gasteiger partial charge in [0.05, 0.1) is 13.7 Å². The predicted octanol–water partition coefficient (Wildman–Crippen LogP) is 4.11. The van der Waals surface area contributed by atoms with Gasteiger partial charge in [-0.3, -0.25) is 4.79 Å². The minimum absolute atomic E-state index is 0.194. The van der Waals surface area contributed by atoms with Crippen LogP contribution in [0.5, 0.6) is 11.5 Å². The minimum atomic E-state index is -0.194. The highest BCUT2D eigenvalue weighted by molar-refractivity contribution is 9.10. The summed E-state index contributed by atoms with van der Waals surface area (Å²) in [6.07, 6.45) is 0. The molecule has 0 atom stereocenters. The fraction of sp³-hybridized carbons (Fsp3) is 0.188. The zero-order valence-electron chi connectivity index (χ0n) is 11.9. The summed E-state index contributed by atoms with van der Waals surface area (Å²) in [5.41, 5.74) is 1.25. The summed E-state index contributed by atoms with van der Waals surface area (Å²) in [6, 6.07) is 12.5. The van der Waals surface area contributed by atoms with E-state index in [0.717, 1.165) is 10.2 Å². The van der Waals surface area contributed by atoms with E-state index in [1.54, 1.807) is 25.3 Å². The first kappa shape index (κ1) is 15.4. The van der Waals surface area contributed by atoms with Crippen LogP contribution in [0.3, 0.4) is 0 Å². The van der Waals surface area contributed by atoms with Gasteiger partial charge in [-0.15, -0.1) is 0 Å². The van der Waals surface area contributed by atoms with Gasteiger partial charge in [-0.05, 0) is 49.4 Å². The van der Waals surface area contributed by atoms with E-state index in [1.807, 2.05) is 31.2 Å². The predicted molar refractivity (Wildman–Crippen MR) is 86.3 cm³/mol. The minimum Gasteiger partial charge on any atom is -0.493 e. The number of hydrogen-bond donors (Lipinski definition) is 1. The maximum absolute atomic E-state index is 12.2. The monoisotopic (exact) mass is 349 g/mol. The molecule has 2 aromatic rings. The highest BCUT2D eigenvalue weighted by Gasteiger charge is 2.11. The summed E-state index contributed by atoms with van der Waals surface area (Å²) in [7, 11) is 1.57. The maximum Gasteiger partial charge on any atom is 0.255 e. The van der Waals surface area contributed by atoms with Crippen LogP contribution in [0, 0.1) is 0 Å². The van der Waals surface area contributed by atoms with Crippen molar-refractivity contribution in [2.75, 3.05) is 19.0 Å². The van der Waals surface area contributed by atoms with Gasteiger partial charge >= 0.3 is 0 Å². The maximum atomic E-state index is 12.2. The molecule has 0 bridgehead atoms. The van der Waals surface area contributed by atoms with Gasteiger partial charge < -0.3 is 14.8 Å². The number of rotatable bonds is 5. The van der Waals surface area contributed by atoms with Gasteiger partial charge in [0.25, 0.3) is 5.91 Å². The Hall–Kier alpha value is -2.01. The molecule has 2 rings (SSSR count). The summed E-state index contributed by atoms with van der Waals surface area (Å²) in [4.78, 5) is 12.2. The lowest BCUT2D eigenvalue weighted by Gasteiger charge is -2.11. The summed E-state index contributed by atoms with van der Waals surface area (Å²) in [5, 5.41) is 2.84. The number of anilines is 1. The Labute approximate surface area is 132 Å². The molecule has 0 fully saturated rings. The van der Waals surface area contributed by atoms with Crippen LogP contribution in [0.15, 0.2) is 46.9 Å². The van der Waals surface area contributed by atoms with Crippen LogP contribution in [0.2, 0.25) is 0 Å². The molecule has 0 aliphatic heterocycles. The Morgan fingerprint density at radius 2 is 1.86 bits per heavy atom. The van der Waals surface area contributed by atoms with E-state index in [1.165, 1.54) is 0 Å². The van der Waals surface area contributed by atoms with E-state index in [-0.39, 0.29) is 5.91 Å². The Balaban J connectivity index is 2.18. The van der Waals surface area contributed by atoms with Gasteiger partial charge in [0.2, 0.25) is 0 Å². The molecule has 5 heteroatoms. The van der Waals surface area contributed by atoms with Crippen LogP contribution in [0.1, 0.15) is 17.3 Å². The normalized spacial score (nSPS) is 10.0. The third kappa shape index (κ3) is 3.98. The molecule has 0 aliphatic carbocycles. The number of nitrogens with one attached hydrogen (secondary N) is 1. The third-order valence-corrected chi connectivity index (χ3v) is 3.36. The zero-order valence-corrected chi connectivity index (χ0v) is 13.4. The molecular formula is C16H16BrNO3. The van der Waals surface area contributed by atoms with E-state index in [9.17, 15) is 4.79 Å². The molecular weight excluding hydrogens is 334 g/mol. The second-order valence-electron chi connectivity index (χ2n) is 4.26. The van der Waals surface area contributed by atoms with Crippen LogP contribution in [0.25, 0.3) is 0 Å². The zero-order chi connectivity index (χ0) is 15.2. The summed E-state index contributed by atoms with van der Waals surface area (Å²) >= 11 is 3.36. The Bertz CT molecular complexity index is 626. The highest BCUT2D eigenvalue weighted by atomic mass is 79.9. The molecule has 0 heterocycles. The van der Waals surface area contributed by atoms with Gasteiger partial charge in [-0.1, -0.05) is 15.9 Å². The number of carbonyl (C=O) groups is 1. The number of amides is 1. The SMILES string of the molecule is CCOc1cc(C(=O)Nc2ccc(Br)cc2)ccc1OC. The Kier molecular flexibility index (Phi) is 5.22. The van der Waals surface area contributed by atoms with E-state index in [4.69, 9.17) is 9.47 Å². The van der Waals surface area contributed by atoms with Crippen molar-refractivity contribution in [1.29, 1.82) is 0 Å². The third-order valence-electron chi connectivity index (χ3n) is 2.83. The second-order valence-corrected chi connectivity index (χ2v) is 5.18. The molecule has 0 aromatic heterocycles. The van der Waals surface area contributed by atoms with Crippen molar-refractivity contribution in [3.8, 4) is 11.5 Å². The van der Waals surface area contributed by atoms with Crippen LogP contribution in [-0.2, 0) is 0 Å². The fourth-order valence-electron chi connectivity index (χ4n) is 1.82. The van der Waals surface area contributed by atoms with Crippen LogP contribution in [-0.4, -0.2) is 19.6 Å². The molecule has 21 heavy (non-hydrogen) atoms. The molecule has 0 spiro atoms. The average molecular weight is 350 g/mol. The highest BCUT2D eigenvalue weighted by Crippen LogP contribution is 2.28. The molecule has 1 amide bonds. The lowest BCUT2D eigenvalue weighted by atomic mass is 10.2. The molecule has 2 aromatic carbocycles. The van der Waals surface area contributed by atoms with E-state index >= 15 is 0 Å². The molecule has 0 aliphatic rings. The van der Waals surface area contributed by atoms with Crippen molar-refractivity contribution in [3.05, 3.63) is 52.5 Å². The fourth-order valence-corrected chi connectivity index (χ4v) is 2.09. The first-order valence-corrected chi connectivity index (χ1v) is 7.31. The second kappa shape index (κ2) is 7.13. The van der Waals surface area contributed by atoms with Crippen molar-refractivity contribution in [2.24, 2.45) is 0 Å². The first-order valence-electron chi connectivity index (χ1n) is 6.51. The molecule has 0 unspecified atom stereocenters. The Morgan fingerprint density at radius 1 is 1.14 bits per heavy atom. The van der Waals surface area contributed by atoms with Gasteiger partial charge in [0, 0.05) is 15.7 Å². The lowest BCUT2D eigenvalue weighted by Crippen LogP contribution is -2.12. The summed E-state index contributed by atoms with van der Waals surface area (Å²) < 4.78 is 11.6. The topological polar surface area (TPSA) is 47.6 Å². The van der Waals surface area contributed by atoms with Crippen molar-refractivity contribution in [3.63, 3.8) is 0 Å². The largest absolute Gasteiger partial charge is 0.493 e. The van der Waals surface area contributed by atoms with Crippen LogP contribution >= 0.6 is 15.9 Å². The number of ether oxygens (including phenoxy) is 2. The number of methoxy groups -OCH3 is 1. The standard InChI is InChI=1S/C16H16BrNO3/c1-3-21-15-10-11(4-9-14(15)20-2)16(19)18-13-7-5-12(17)6-8-13/h4-10H,3H2,1-2H3,(H,18,19). The van der Waals surface area contributed by atoms with Crippen molar-refractivity contribution < 1.29 is 14.3 Å². The number of carbonyl (C=O) groups excluding carboxylic acids is 1. The Morgan fingerprint density at radius 3 is 2.48 bits per heavy atom. The molecule has 0 saturated heterocycles. The summed E-state index contributed by atoms with van der Waals surface area (Å²) in [6.45, 7) is 2.39. The molecule has 110 valence electrons. The van der Waals surface area contributed by atoms with E-state index in [0.29, 0.717) is 23.7 Å². The number of halogens is 1. The molecule has 4 nitrogen and oxygen atoms in total. The molecule has 0 radical (unpaired) electrons.